The van der Waals surface area contributed by atoms with Crippen molar-refractivity contribution in [3.8, 4) is 5.69 Å². The van der Waals surface area contributed by atoms with Crippen LogP contribution in [-0.4, -0.2) is 4.57 Å². The van der Waals surface area contributed by atoms with E-state index < -0.39 is 0 Å². The van der Waals surface area contributed by atoms with Gasteiger partial charge in [0.25, 0.3) is 5.82 Å². The summed E-state index contributed by atoms with van der Waals surface area (Å²) in [6.45, 7) is 5.76. The Balaban J connectivity index is 1.71. The Hall–Kier alpha value is -1.57. The minimum Gasteiger partial charge on any atom is -0.234 e. The van der Waals surface area contributed by atoms with Crippen LogP contribution in [-0.2, 0) is 13.0 Å². The first-order chi connectivity index (χ1) is 16.4. The average molecular weight is 454 g/mol. The van der Waals surface area contributed by atoms with Crippen molar-refractivity contribution >= 4 is 0 Å². The Morgan fingerprint density at radius 1 is 0.576 bits per heavy atom. The van der Waals surface area contributed by atoms with Crippen LogP contribution in [0.5, 0.6) is 0 Å². The summed E-state index contributed by atoms with van der Waals surface area (Å²) in [6.07, 6.45) is 30.9. The normalized spacial score (nSPS) is 11.3. The molecule has 2 aromatic rings. The van der Waals surface area contributed by atoms with Crippen molar-refractivity contribution in [3.63, 3.8) is 0 Å². The fraction of sp³-hybridized carbons (Fsp3) is 0.710. The fourth-order valence-corrected chi connectivity index (χ4v) is 4.94. The molecule has 1 aromatic heterocycles. The van der Waals surface area contributed by atoms with Gasteiger partial charge >= 0.3 is 0 Å². The van der Waals surface area contributed by atoms with Crippen molar-refractivity contribution in [2.24, 2.45) is 0 Å². The molecule has 0 N–H and O–H groups in total. The molecule has 0 amide bonds. The lowest BCUT2D eigenvalue weighted by Crippen LogP contribution is -2.37. The van der Waals surface area contributed by atoms with E-state index in [0.717, 1.165) is 0 Å². The number of hydrogen-bond acceptors (Lipinski definition) is 0. The third kappa shape index (κ3) is 11.9. The van der Waals surface area contributed by atoms with Gasteiger partial charge in [0.1, 0.15) is 18.1 Å². The van der Waals surface area contributed by atoms with Gasteiger partial charge in [0.2, 0.25) is 0 Å². The highest BCUT2D eigenvalue weighted by molar-refractivity contribution is 5.31. The molecule has 0 spiro atoms. The highest BCUT2D eigenvalue weighted by Gasteiger charge is 2.18. The number of imidazole rings is 1. The summed E-state index contributed by atoms with van der Waals surface area (Å²) in [6, 6.07) is 10.9. The van der Waals surface area contributed by atoms with Gasteiger partial charge in [-0.3, -0.25) is 0 Å². The number of hydrogen-bond donors (Lipinski definition) is 0. The van der Waals surface area contributed by atoms with E-state index in [1.807, 2.05) is 0 Å². The van der Waals surface area contributed by atoms with Gasteiger partial charge in [-0.2, -0.15) is 4.57 Å². The highest BCUT2D eigenvalue weighted by atomic mass is 15.1. The van der Waals surface area contributed by atoms with Crippen molar-refractivity contribution in [3.05, 3.63) is 48.5 Å². The standard InChI is InChI=1S/C31H53N2/c1-3-5-7-9-11-12-13-14-15-16-17-22-26-31-32(27-23-18-10-8-6-4-2)28-29-33(31)30-24-20-19-21-25-30/h19-21,24-25,28-29H,3-18,22-23,26-27H2,1-2H3/q+1. The van der Waals surface area contributed by atoms with E-state index >= 15 is 0 Å². The van der Waals surface area contributed by atoms with Crippen LogP contribution in [0.25, 0.3) is 5.69 Å². The Labute approximate surface area is 205 Å². The summed E-state index contributed by atoms with van der Waals surface area (Å²) in [5.41, 5.74) is 1.30. The predicted octanol–water partition coefficient (Wildman–Crippen LogP) is 9.37. The molecule has 0 aliphatic heterocycles. The Bertz CT molecular complexity index is 688. The average Bonchev–Trinajstić information content (AvgIpc) is 3.25. The van der Waals surface area contributed by atoms with Crippen LogP contribution < -0.4 is 4.57 Å². The molecule has 0 fully saturated rings. The van der Waals surface area contributed by atoms with Gasteiger partial charge < -0.3 is 0 Å². The van der Waals surface area contributed by atoms with Crippen LogP contribution in [0.15, 0.2) is 42.7 Å². The molecule has 0 saturated heterocycles. The SMILES string of the molecule is CCCCCCCCCCCCCCc1n(-c2ccccc2)cc[n+]1CCCCCCCC. The van der Waals surface area contributed by atoms with E-state index in [0.29, 0.717) is 0 Å². The summed E-state index contributed by atoms with van der Waals surface area (Å²) in [5, 5.41) is 0. The van der Waals surface area contributed by atoms with Crippen LogP contribution in [0.2, 0.25) is 0 Å². The van der Waals surface area contributed by atoms with Crippen LogP contribution >= 0.6 is 0 Å². The molecule has 0 aliphatic rings. The largest absolute Gasteiger partial charge is 0.261 e. The Kier molecular flexibility index (Phi) is 15.8. The molecule has 33 heavy (non-hydrogen) atoms. The first kappa shape index (κ1) is 27.7. The monoisotopic (exact) mass is 453 g/mol. The van der Waals surface area contributed by atoms with Crippen LogP contribution in [0.3, 0.4) is 0 Å². The van der Waals surface area contributed by atoms with Gasteiger partial charge in [0, 0.05) is 6.42 Å². The van der Waals surface area contributed by atoms with E-state index in [4.69, 9.17) is 0 Å². The lowest BCUT2D eigenvalue weighted by atomic mass is 10.0. The molecule has 0 atom stereocenters. The first-order valence-electron chi connectivity index (χ1n) is 14.5. The maximum Gasteiger partial charge on any atom is 0.261 e. The minimum absolute atomic E-state index is 1.17. The molecule has 2 rings (SSSR count). The first-order valence-corrected chi connectivity index (χ1v) is 14.5. The maximum atomic E-state index is 2.53. The number of para-hydroxylation sites is 1. The summed E-state index contributed by atoms with van der Waals surface area (Å²) >= 11 is 0. The van der Waals surface area contributed by atoms with Gasteiger partial charge in [-0.15, -0.1) is 0 Å². The van der Waals surface area contributed by atoms with Gasteiger partial charge in [-0.1, -0.05) is 128 Å². The molecule has 0 radical (unpaired) electrons. The topological polar surface area (TPSA) is 8.81 Å². The molecule has 0 bridgehead atoms. The maximum absolute atomic E-state index is 2.53. The molecule has 1 aromatic carbocycles. The quantitative estimate of drug-likeness (QED) is 0.131. The van der Waals surface area contributed by atoms with Gasteiger partial charge in [0.05, 0.1) is 6.54 Å². The number of aromatic nitrogens is 2. The molecule has 0 saturated carbocycles. The van der Waals surface area contributed by atoms with E-state index in [1.54, 1.807) is 0 Å². The van der Waals surface area contributed by atoms with Crippen molar-refractivity contribution in [2.75, 3.05) is 0 Å². The lowest BCUT2D eigenvalue weighted by molar-refractivity contribution is -0.704. The van der Waals surface area contributed by atoms with E-state index in [-0.39, 0.29) is 0 Å². The minimum atomic E-state index is 1.17. The second-order valence-electron chi connectivity index (χ2n) is 10.0. The van der Waals surface area contributed by atoms with Crippen molar-refractivity contribution < 1.29 is 4.57 Å². The Morgan fingerprint density at radius 2 is 1.06 bits per heavy atom. The van der Waals surface area contributed by atoms with E-state index in [1.165, 1.54) is 140 Å². The van der Waals surface area contributed by atoms with E-state index in [9.17, 15) is 0 Å². The fourth-order valence-electron chi connectivity index (χ4n) is 4.94. The molecule has 2 heteroatoms. The third-order valence-electron chi connectivity index (χ3n) is 7.05. The van der Waals surface area contributed by atoms with Crippen LogP contribution in [0.1, 0.15) is 135 Å². The summed E-state index contributed by atoms with van der Waals surface area (Å²) in [7, 11) is 0. The number of aryl methyl sites for hydroxylation is 1. The Morgan fingerprint density at radius 3 is 1.61 bits per heavy atom. The molecule has 1 heterocycles. The molecule has 186 valence electrons. The summed E-state index contributed by atoms with van der Waals surface area (Å²) < 4.78 is 4.96. The number of nitrogens with zero attached hydrogens (tertiary/aromatic N) is 2. The van der Waals surface area contributed by atoms with Gasteiger partial charge in [0.15, 0.2) is 0 Å². The molecule has 0 unspecified atom stereocenters. The third-order valence-corrected chi connectivity index (χ3v) is 7.05. The number of rotatable bonds is 21. The zero-order valence-electron chi connectivity index (χ0n) is 22.1. The molecule has 2 nitrogen and oxygen atoms in total. The van der Waals surface area contributed by atoms with E-state index in [2.05, 4.69) is 65.7 Å². The van der Waals surface area contributed by atoms with Gasteiger partial charge in [-0.05, 0) is 31.4 Å². The summed E-state index contributed by atoms with van der Waals surface area (Å²) in [4.78, 5) is 0. The molecular formula is C31H53N2+. The lowest BCUT2D eigenvalue weighted by Gasteiger charge is -2.06. The second kappa shape index (κ2) is 18.8. The molecule has 0 aliphatic carbocycles. The highest BCUT2D eigenvalue weighted by Crippen LogP contribution is 2.15. The van der Waals surface area contributed by atoms with Gasteiger partial charge in [-0.25, -0.2) is 4.57 Å². The predicted molar refractivity (Wildman–Crippen MR) is 144 cm³/mol. The smallest absolute Gasteiger partial charge is 0.234 e. The number of unbranched alkanes of at least 4 members (excludes halogenated alkanes) is 16. The van der Waals surface area contributed by atoms with Crippen molar-refractivity contribution in [1.82, 2.24) is 4.57 Å². The molecular weight excluding hydrogens is 400 g/mol. The van der Waals surface area contributed by atoms with Crippen molar-refractivity contribution in [1.29, 1.82) is 0 Å². The van der Waals surface area contributed by atoms with Crippen LogP contribution in [0.4, 0.5) is 0 Å². The van der Waals surface area contributed by atoms with Crippen molar-refractivity contribution in [2.45, 2.75) is 142 Å². The van der Waals surface area contributed by atoms with Crippen LogP contribution in [0, 0.1) is 0 Å². The second-order valence-corrected chi connectivity index (χ2v) is 10.0. The zero-order valence-corrected chi connectivity index (χ0v) is 22.1. The number of benzene rings is 1. The summed E-state index contributed by atoms with van der Waals surface area (Å²) in [5.74, 6) is 1.49. The zero-order chi connectivity index (χ0) is 23.4.